The maximum Gasteiger partial charge on any atom is 0.159 e. The third-order valence-electron chi connectivity index (χ3n) is 3.31. The van der Waals surface area contributed by atoms with Crippen molar-refractivity contribution < 1.29 is 4.79 Å². The number of hydrogen-bond acceptors (Lipinski definition) is 3. The van der Waals surface area contributed by atoms with Gasteiger partial charge in [0.15, 0.2) is 5.78 Å². The molecular formula is C18H15NOS. The lowest BCUT2D eigenvalue weighted by atomic mass is 10.1. The van der Waals surface area contributed by atoms with Crippen LogP contribution in [0.3, 0.4) is 0 Å². The first-order valence-corrected chi connectivity index (χ1v) is 7.78. The predicted octanol–water partition coefficient (Wildman–Crippen LogP) is 4.73. The van der Waals surface area contributed by atoms with Gasteiger partial charge in [-0.2, -0.15) is 0 Å². The normalized spacial score (nSPS) is 10.7. The van der Waals surface area contributed by atoms with E-state index in [1.54, 1.807) is 18.7 Å². The Morgan fingerprint density at radius 1 is 1.10 bits per heavy atom. The molecule has 0 saturated heterocycles. The minimum Gasteiger partial charge on any atom is -0.295 e. The summed E-state index contributed by atoms with van der Waals surface area (Å²) in [6.07, 6.45) is 1.81. The standard InChI is InChI=1S/C18H15NOS/c1-13(20)15-4-2-6-17(11-15)21-12-14-7-8-18-16(10-14)5-3-9-19-18/h2-11H,12H2,1H3. The number of nitrogens with zero attached hydrogens (tertiary/aromatic N) is 1. The number of Topliss-reactive ketones (excluding diaryl/α,β-unsaturated/α-hetero) is 1. The fourth-order valence-electron chi connectivity index (χ4n) is 2.19. The largest absolute Gasteiger partial charge is 0.295 e. The number of pyridine rings is 1. The summed E-state index contributed by atoms with van der Waals surface area (Å²) in [7, 11) is 0. The van der Waals surface area contributed by atoms with Gasteiger partial charge in [0, 0.05) is 27.8 Å². The van der Waals surface area contributed by atoms with Crippen LogP contribution in [0.2, 0.25) is 0 Å². The van der Waals surface area contributed by atoms with E-state index >= 15 is 0 Å². The molecule has 1 aromatic heterocycles. The van der Waals surface area contributed by atoms with Crippen LogP contribution in [-0.2, 0) is 5.75 Å². The maximum absolute atomic E-state index is 11.4. The van der Waals surface area contributed by atoms with Gasteiger partial charge in [-0.3, -0.25) is 9.78 Å². The summed E-state index contributed by atoms with van der Waals surface area (Å²) >= 11 is 1.74. The van der Waals surface area contributed by atoms with E-state index in [4.69, 9.17) is 0 Å². The van der Waals surface area contributed by atoms with Crippen LogP contribution in [0, 0.1) is 0 Å². The van der Waals surface area contributed by atoms with Crippen molar-refractivity contribution in [1.29, 1.82) is 0 Å². The summed E-state index contributed by atoms with van der Waals surface area (Å²) in [4.78, 5) is 16.8. The molecule has 0 amide bonds. The zero-order valence-corrected chi connectivity index (χ0v) is 12.6. The quantitative estimate of drug-likeness (QED) is 0.514. The van der Waals surface area contributed by atoms with Crippen LogP contribution in [0.15, 0.2) is 65.7 Å². The molecule has 3 heteroatoms. The minimum atomic E-state index is 0.106. The van der Waals surface area contributed by atoms with Crippen molar-refractivity contribution in [3.05, 3.63) is 71.9 Å². The highest BCUT2D eigenvalue weighted by atomic mass is 32.2. The van der Waals surface area contributed by atoms with Gasteiger partial charge in [0.05, 0.1) is 5.52 Å². The second-order valence-corrected chi connectivity index (χ2v) is 5.95. The Balaban J connectivity index is 1.77. The Bertz CT molecular complexity index is 798. The summed E-state index contributed by atoms with van der Waals surface area (Å²) in [6, 6.07) is 18.1. The summed E-state index contributed by atoms with van der Waals surface area (Å²) in [5, 5.41) is 1.16. The van der Waals surface area contributed by atoms with Crippen molar-refractivity contribution in [3.63, 3.8) is 0 Å². The van der Waals surface area contributed by atoms with Crippen molar-refractivity contribution in [2.75, 3.05) is 0 Å². The smallest absolute Gasteiger partial charge is 0.159 e. The highest BCUT2D eigenvalue weighted by Gasteiger charge is 2.02. The topological polar surface area (TPSA) is 30.0 Å². The molecule has 0 fully saturated rings. The molecule has 0 aliphatic heterocycles. The van der Waals surface area contributed by atoms with Gasteiger partial charge in [0.1, 0.15) is 0 Å². The fraction of sp³-hybridized carbons (Fsp3) is 0.111. The molecule has 0 aliphatic carbocycles. The van der Waals surface area contributed by atoms with Gasteiger partial charge in [0.25, 0.3) is 0 Å². The summed E-state index contributed by atoms with van der Waals surface area (Å²) in [6.45, 7) is 1.60. The van der Waals surface area contributed by atoms with E-state index in [2.05, 4.69) is 29.2 Å². The average molecular weight is 293 g/mol. The Morgan fingerprint density at radius 2 is 2.00 bits per heavy atom. The van der Waals surface area contributed by atoms with E-state index in [1.165, 1.54) is 5.56 Å². The molecular weight excluding hydrogens is 278 g/mol. The molecule has 3 aromatic rings. The van der Waals surface area contributed by atoms with Crippen molar-refractivity contribution >= 4 is 28.4 Å². The Kier molecular flexibility index (Phi) is 4.02. The zero-order chi connectivity index (χ0) is 14.7. The number of benzene rings is 2. The van der Waals surface area contributed by atoms with Crippen LogP contribution in [0.5, 0.6) is 0 Å². The zero-order valence-electron chi connectivity index (χ0n) is 11.7. The van der Waals surface area contributed by atoms with Gasteiger partial charge in [-0.15, -0.1) is 11.8 Å². The van der Waals surface area contributed by atoms with Crippen LogP contribution in [-0.4, -0.2) is 10.8 Å². The van der Waals surface area contributed by atoms with Crippen molar-refractivity contribution in [2.45, 2.75) is 17.6 Å². The van der Waals surface area contributed by atoms with Gasteiger partial charge in [-0.1, -0.05) is 24.3 Å². The van der Waals surface area contributed by atoms with Crippen LogP contribution in [0.25, 0.3) is 10.9 Å². The van der Waals surface area contributed by atoms with Gasteiger partial charge < -0.3 is 0 Å². The number of thioether (sulfide) groups is 1. The van der Waals surface area contributed by atoms with Crippen molar-refractivity contribution in [3.8, 4) is 0 Å². The van der Waals surface area contributed by atoms with Crippen LogP contribution < -0.4 is 0 Å². The van der Waals surface area contributed by atoms with E-state index in [1.807, 2.05) is 36.5 Å². The van der Waals surface area contributed by atoms with Gasteiger partial charge in [0.2, 0.25) is 0 Å². The molecule has 0 atom stereocenters. The number of aromatic nitrogens is 1. The SMILES string of the molecule is CC(=O)c1cccc(SCc2ccc3ncccc3c2)c1. The number of hydrogen-bond donors (Lipinski definition) is 0. The van der Waals surface area contributed by atoms with E-state index in [0.29, 0.717) is 0 Å². The molecule has 0 unspecified atom stereocenters. The number of carbonyl (C=O) groups is 1. The van der Waals surface area contributed by atoms with Gasteiger partial charge >= 0.3 is 0 Å². The first-order chi connectivity index (χ1) is 10.2. The molecule has 0 saturated carbocycles. The molecule has 3 rings (SSSR count). The first kappa shape index (κ1) is 13.8. The number of carbonyl (C=O) groups excluding carboxylic acids is 1. The van der Waals surface area contributed by atoms with Crippen LogP contribution >= 0.6 is 11.8 Å². The lowest BCUT2D eigenvalue weighted by Gasteiger charge is -2.05. The predicted molar refractivity (Wildman–Crippen MR) is 87.8 cm³/mol. The molecule has 0 aliphatic rings. The lowest BCUT2D eigenvalue weighted by molar-refractivity contribution is 0.101. The fourth-order valence-corrected chi connectivity index (χ4v) is 3.08. The monoisotopic (exact) mass is 293 g/mol. The molecule has 0 radical (unpaired) electrons. The van der Waals surface area contributed by atoms with E-state index in [9.17, 15) is 4.79 Å². The summed E-state index contributed by atoms with van der Waals surface area (Å²) < 4.78 is 0. The molecule has 1 heterocycles. The van der Waals surface area contributed by atoms with E-state index < -0.39 is 0 Å². The minimum absolute atomic E-state index is 0.106. The summed E-state index contributed by atoms with van der Waals surface area (Å²) in [5.41, 5.74) is 3.04. The number of ketones is 1. The second kappa shape index (κ2) is 6.10. The van der Waals surface area contributed by atoms with Gasteiger partial charge in [-0.05, 0) is 42.8 Å². The van der Waals surface area contributed by atoms with Crippen molar-refractivity contribution in [2.24, 2.45) is 0 Å². The van der Waals surface area contributed by atoms with E-state index in [-0.39, 0.29) is 5.78 Å². The van der Waals surface area contributed by atoms with Crippen LogP contribution in [0.1, 0.15) is 22.8 Å². The molecule has 0 bridgehead atoms. The maximum atomic E-state index is 11.4. The van der Waals surface area contributed by atoms with Crippen molar-refractivity contribution in [1.82, 2.24) is 4.98 Å². The highest BCUT2D eigenvalue weighted by Crippen LogP contribution is 2.25. The van der Waals surface area contributed by atoms with Gasteiger partial charge in [-0.25, -0.2) is 0 Å². The Morgan fingerprint density at radius 3 is 2.86 bits per heavy atom. The van der Waals surface area contributed by atoms with Crippen LogP contribution in [0.4, 0.5) is 0 Å². The molecule has 21 heavy (non-hydrogen) atoms. The first-order valence-electron chi connectivity index (χ1n) is 6.80. The molecule has 2 nitrogen and oxygen atoms in total. The number of fused-ring (bicyclic) bond motifs is 1. The second-order valence-electron chi connectivity index (χ2n) is 4.90. The Hall–Kier alpha value is -2.13. The molecule has 0 N–H and O–H groups in total. The highest BCUT2D eigenvalue weighted by molar-refractivity contribution is 7.98. The molecule has 104 valence electrons. The number of rotatable bonds is 4. The van der Waals surface area contributed by atoms with E-state index in [0.717, 1.165) is 27.1 Å². The lowest BCUT2D eigenvalue weighted by Crippen LogP contribution is -1.91. The average Bonchev–Trinajstić information content (AvgIpc) is 2.53. The third-order valence-corrected chi connectivity index (χ3v) is 4.38. The molecule has 0 spiro atoms. The third kappa shape index (κ3) is 3.31. The Labute approximate surface area is 128 Å². The molecule has 2 aromatic carbocycles. The summed E-state index contributed by atoms with van der Waals surface area (Å²) in [5.74, 6) is 0.987.